The summed E-state index contributed by atoms with van der Waals surface area (Å²) >= 11 is 0. The second-order valence-corrected chi connectivity index (χ2v) is 8.18. The van der Waals surface area contributed by atoms with Gasteiger partial charge in [-0.15, -0.1) is 0 Å². The fourth-order valence-electron chi connectivity index (χ4n) is 3.97. The van der Waals surface area contributed by atoms with Gasteiger partial charge in [0.25, 0.3) is 17.4 Å². The molecule has 2 aromatic rings. The summed E-state index contributed by atoms with van der Waals surface area (Å²) in [5, 5.41) is 22.3. The number of nitro benzene ring substituents is 1. The fourth-order valence-corrected chi connectivity index (χ4v) is 3.97. The summed E-state index contributed by atoms with van der Waals surface area (Å²) < 4.78 is 5.21. The molecule has 0 aliphatic carbocycles. The van der Waals surface area contributed by atoms with Crippen LogP contribution in [0.4, 0.5) is 5.69 Å². The largest absolute Gasteiger partial charge is 0.507 e. The summed E-state index contributed by atoms with van der Waals surface area (Å²) in [5.41, 5.74) is 1.46. The molecule has 2 aromatic carbocycles. The Balaban J connectivity index is 2.12. The summed E-state index contributed by atoms with van der Waals surface area (Å²) in [7, 11) is 5.35. The Labute approximate surface area is 192 Å². The number of carbonyl (C=O) groups excluding carboxylic acids is 2. The molecule has 1 heterocycles. The second kappa shape index (κ2) is 9.83. The van der Waals surface area contributed by atoms with Gasteiger partial charge in [0.2, 0.25) is 0 Å². The molecule has 1 fully saturated rings. The summed E-state index contributed by atoms with van der Waals surface area (Å²) in [6.45, 7) is 2.77. The first-order valence-electron chi connectivity index (χ1n) is 10.5. The van der Waals surface area contributed by atoms with Crippen LogP contribution >= 0.6 is 0 Å². The summed E-state index contributed by atoms with van der Waals surface area (Å²) in [6, 6.07) is 9.86. The first-order chi connectivity index (χ1) is 15.6. The molecular formula is C24H27N3O6. The first kappa shape index (κ1) is 23.9. The third-order valence-electron chi connectivity index (χ3n) is 5.65. The normalized spacial score (nSPS) is 17.6. The number of aliphatic hydroxyl groups is 1. The van der Waals surface area contributed by atoms with E-state index in [0.29, 0.717) is 42.0 Å². The van der Waals surface area contributed by atoms with Gasteiger partial charge < -0.3 is 19.6 Å². The number of aliphatic hydroxyl groups excluding tert-OH is 1. The van der Waals surface area contributed by atoms with Crippen molar-refractivity contribution in [2.24, 2.45) is 0 Å². The van der Waals surface area contributed by atoms with E-state index in [9.17, 15) is 24.8 Å². The number of nitrogens with zero attached hydrogens (tertiary/aromatic N) is 3. The van der Waals surface area contributed by atoms with Gasteiger partial charge in [-0.3, -0.25) is 19.7 Å². The molecule has 1 atom stereocenters. The topological polar surface area (TPSA) is 113 Å². The van der Waals surface area contributed by atoms with Crippen LogP contribution in [0.15, 0.2) is 48.0 Å². The minimum atomic E-state index is -0.852. The van der Waals surface area contributed by atoms with Crippen LogP contribution in [0.1, 0.15) is 29.2 Å². The van der Waals surface area contributed by atoms with E-state index in [1.165, 1.54) is 36.3 Å². The van der Waals surface area contributed by atoms with Crippen LogP contribution in [-0.2, 0) is 9.59 Å². The SMILES string of the molecule is COc1ccc(C(O)=C2C(=O)C(=O)N(CCCN(C)C)C2c2ccc([N+](=O)[O-])cc2)c(C)c1. The number of carbonyl (C=O) groups is 2. The number of Topliss-reactive ketones (excluding diaryl/α,β-unsaturated/α-hetero) is 1. The predicted molar refractivity (Wildman–Crippen MR) is 123 cm³/mol. The highest BCUT2D eigenvalue weighted by molar-refractivity contribution is 6.46. The number of non-ortho nitro benzene ring substituents is 1. The highest BCUT2D eigenvalue weighted by Crippen LogP contribution is 2.40. The molecule has 3 rings (SSSR count). The number of hydrogen-bond donors (Lipinski definition) is 1. The van der Waals surface area contributed by atoms with Gasteiger partial charge in [-0.1, -0.05) is 0 Å². The number of likely N-dealkylation sites (tertiary alicyclic amines) is 1. The lowest BCUT2D eigenvalue weighted by molar-refractivity contribution is -0.384. The van der Waals surface area contributed by atoms with Gasteiger partial charge in [0.15, 0.2) is 0 Å². The lowest BCUT2D eigenvalue weighted by atomic mass is 9.93. The van der Waals surface area contributed by atoms with E-state index in [1.54, 1.807) is 25.1 Å². The molecule has 0 aromatic heterocycles. The molecule has 0 saturated carbocycles. The molecule has 1 saturated heterocycles. The minimum Gasteiger partial charge on any atom is -0.507 e. The van der Waals surface area contributed by atoms with Crippen molar-refractivity contribution in [3.05, 3.63) is 74.8 Å². The van der Waals surface area contributed by atoms with Gasteiger partial charge >= 0.3 is 0 Å². The van der Waals surface area contributed by atoms with Crippen LogP contribution in [0.3, 0.4) is 0 Å². The number of rotatable bonds is 8. The number of methoxy groups -OCH3 is 1. The maximum Gasteiger partial charge on any atom is 0.295 e. The van der Waals surface area contributed by atoms with Crippen molar-refractivity contribution in [2.45, 2.75) is 19.4 Å². The summed E-state index contributed by atoms with van der Waals surface area (Å²) in [6.07, 6.45) is 0.616. The molecule has 0 bridgehead atoms. The molecule has 1 unspecified atom stereocenters. The second-order valence-electron chi connectivity index (χ2n) is 8.18. The van der Waals surface area contributed by atoms with Crippen molar-refractivity contribution < 1.29 is 24.4 Å². The monoisotopic (exact) mass is 453 g/mol. The average Bonchev–Trinajstić information content (AvgIpc) is 3.03. The van der Waals surface area contributed by atoms with Crippen LogP contribution in [0, 0.1) is 17.0 Å². The van der Waals surface area contributed by atoms with E-state index in [1.807, 2.05) is 19.0 Å². The van der Waals surface area contributed by atoms with Crippen molar-refractivity contribution in [1.82, 2.24) is 9.80 Å². The summed E-state index contributed by atoms with van der Waals surface area (Å²) in [4.78, 5) is 40.0. The number of nitro groups is 1. The first-order valence-corrected chi connectivity index (χ1v) is 10.5. The zero-order valence-corrected chi connectivity index (χ0v) is 19.1. The van der Waals surface area contributed by atoms with Gasteiger partial charge in [0, 0.05) is 24.2 Å². The van der Waals surface area contributed by atoms with E-state index in [4.69, 9.17) is 4.74 Å². The van der Waals surface area contributed by atoms with Gasteiger partial charge in [-0.05, 0) is 75.4 Å². The Morgan fingerprint density at radius 2 is 1.85 bits per heavy atom. The van der Waals surface area contributed by atoms with E-state index >= 15 is 0 Å². The molecule has 9 nitrogen and oxygen atoms in total. The van der Waals surface area contributed by atoms with Crippen LogP contribution in [0.25, 0.3) is 5.76 Å². The maximum atomic E-state index is 13.1. The Bertz CT molecular complexity index is 1110. The zero-order valence-electron chi connectivity index (χ0n) is 19.1. The van der Waals surface area contributed by atoms with Crippen LogP contribution in [0.5, 0.6) is 5.75 Å². The number of amides is 1. The summed E-state index contributed by atoms with van der Waals surface area (Å²) in [5.74, 6) is -1.17. The smallest absolute Gasteiger partial charge is 0.295 e. The number of hydrogen-bond acceptors (Lipinski definition) is 7. The molecule has 174 valence electrons. The van der Waals surface area contributed by atoms with Gasteiger partial charge in [0.05, 0.1) is 23.6 Å². The van der Waals surface area contributed by atoms with Crippen molar-refractivity contribution in [3.8, 4) is 5.75 Å². The van der Waals surface area contributed by atoms with Crippen LogP contribution in [0.2, 0.25) is 0 Å². The quantitative estimate of drug-likeness (QED) is 0.215. The van der Waals surface area contributed by atoms with Crippen molar-refractivity contribution in [3.63, 3.8) is 0 Å². The molecule has 9 heteroatoms. The van der Waals surface area contributed by atoms with E-state index in [-0.39, 0.29) is 17.0 Å². The minimum absolute atomic E-state index is 0.0352. The molecule has 1 amide bonds. The molecule has 1 aliphatic heterocycles. The Morgan fingerprint density at radius 3 is 2.39 bits per heavy atom. The number of ketones is 1. The highest BCUT2D eigenvalue weighted by atomic mass is 16.6. The van der Waals surface area contributed by atoms with Crippen LogP contribution < -0.4 is 4.74 Å². The van der Waals surface area contributed by atoms with Crippen molar-refractivity contribution >= 4 is 23.1 Å². The van der Waals surface area contributed by atoms with Crippen LogP contribution in [-0.4, -0.2) is 65.8 Å². The lowest BCUT2D eigenvalue weighted by Crippen LogP contribution is -2.32. The van der Waals surface area contributed by atoms with Gasteiger partial charge in [0.1, 0.15) is 11.5 Å². The third-order valence-corrected chi connectivity index (χ3v) is 5.65. The molecule has 33 heavy (non-hydrogen) atoms. The van der Waals surface area contributed by atoms with Gasteiger partial charge in [-0.25, -0.2) is 0 Å². The molecule has 1 N–H and O–H groups in total. The van der Waals surface area contributed by atoms with E-state index in [0.717, 1.165) is 0 Å². The Hall–Kier alpha value is -3.72. The molecule has 1 aliphatic rings. The van der Waals surface area contributed by atoms with E-state index < -0.39 is 22.7 Å². The predicted octanol–water partition coefficient (Wildman–Crippen LogP) is 3.29. The van der Waals surface area contributed by atoms with Crippen molar-refractivity contribution in [1.29, 1.82) is 0 Å². The number of ether oxygens (including phenoxy) is 1. The highest BCUT2D eigenvalue weighted by Gasteiger charge is 2.46. The van der Waals surface area contributed by atoms with Crippen molar-refractivity contribution in [2.75, 3.05) is 34.3 Å². The molecule has 0 spiro atoms. The molecular weight excluding hydrogens is 426 g/mol. The Kier molecular flexibility index (Phi) is 7.13. The zero-order chi connectivity index (χ0) is 24.3. The van der Waals surface area contributed by atoms with E-state index in [2.05, 4.69) is 0 Å². The molecule has 0 radical (unpaired) electrons. The lowest BCUT2D eigenvalue weighted by Gasteiger charge is -2.26. The number of aryl methyl sites for hydroxylation is 1. The maximum absolute atomic E-state index is 13.1. The third kappa shape index (κ3) is 4.88. The fraction of sp³-hybridized carbons (Fsp3) is 0.333. The average molecular weight is 453 g/mol. The number of benzene rings is 2. The van der Waals surface area contributed by atoms with Gasteiger partial charge in [-0.2, -0.15) is 0 Å². The Morgan fingerprint density at radius 1 is 1.18 bits per heavy atom. The standard InChI is InChI=1S/C24H27N3O6/c1-15-14-18(33-4)10-11-19(15)22(28)20-21(16-6-8-17(9-7-16)27(31)32)26(24(30)23(20)29)13-5-12-25(2)3/h6-11,14,21,28H,5,12-13H2,1-4H3.